The molecule has 0 atom stereocenters. The van der Waals surface area contributed by atoms with E-state index in [0.717, 1.165) is 12.1 Å². The van der Waals surface area contributed by atoms with E-state index in [1.165, 1.54) is 18.2 Å². The van der Waals surface area contributed by atoms with Crippen molar-refractivity contribution >= 4 is 32.8 Å². The molecule has 4 rings (SSSR count). The third-order valence-corrected chi connectivity index (χ3v) is 6.23. The van der Waals surface area contributed by atoms with Crippen molar-refractivity contribution in [2.45, 2.75) is 4.90 Å². The second kappa shape index (κ2) is 7.14. The molecule has 3 aromatic carbocycles. The van der Waals surface area contributed by atoms with Gasteiger partial charge < -0.3 is 10.6 Å². The van der Waals surface area contributed by atoms with Gasteiger partial charge in [0.25, 0.3) is 5.91 Å². The molecule has 29 heavy (non-hydrogen) atoms. The number of fused-ring (bicyclic) bond motifs is 1. The Labute approximate surface area is 165 Å². The molecule has 3 aromatic rings. The van der Waals surface area contributed by atoms with Crippen LogP contribution in [0.2, 0.25) is 0 Å². The van der Waals surface area contributed by atoms with Crippen molar-refractivity contribution in [2.24, 2.45) is 0 Å². The minimum atomic E-state index is -4.15. The van der Waals surface area contributed by atoms with Crippen molar-refractivity contribution in [2.75, 3.05) is 10.6 Å². The lowest BCUT2D eigenvalue weighted by Gasteiger charge is -2.12. The Kier molecular flexibility index (Phi) is 4.63. The maximum absolute atomic E-state index is 14.2. The van der Waals surface area contributed by atoms with Gasteiger partial charge >= 0.3 is 0 Å². The molecule has 0 radical (unpaired) electrons. The third kappa shape index (κ3) is 3.38. The molecule has 2 N–H and O–H groups in total. The van der Waals surface area contributed by atoms with Crippen molar-refractivity contribution < 1.29 is 22.0 Å². The summed E-state index contributed by atoms with van der Waals surface area (Å²) in [6.45, 7) is 0. The summed E-state index contributed by atoms with van der Waals surface area (Å²) < 4.78 is 53.5. The number of para-hydroxylation sites is 1. The first kappa shape index (κ1) is 18.8. The fraction of sp³-hybridized carbons (Fsp3) is 0. The molecule has 1 amide bonds. The van der Waals surface area contributed by atoms with Crippen LogP contribution in [0, 0.1) is 11.6 Å². The second-order valence-electron chi connectivity index (χ2n) is 6.27. The quantitative estimate of drug-likeness (QED) is 0.675. The normalized spacial score (nSPS) is 14.4. The lowest BCUT2D eigenvalue weighted by molar-refractivity contribution is -0.112. The summed E-state index contributed by atoms with van der Waals surface area (Å²) in [6, 6.07) is 17.2. The summed E-state index contributed by atoms with van der Waals surface area (Å²) in [4.78, 5) is 12.3. The number of nitrogens with one attached hydrogen (secondary N) is 2. The minimum Gasteiger partial charge on any atom is -0.351 e. The first-order valence-electron chi connectivity index (χ1n) is 8.55. The van der Waals surface area contributed by atoms with Gasteiger partial charge in [-0.15, -0.1) is 0 Å². The monoisotopic (exact) mass is 412 g/mol. The number of halogens is 2. The van der Waals surface area contributed by atoms with Crippen LogP contribution in [0.25, 0.3) is 5.70 Å². The summed E-state index contributed by atoms with van der Waals surface area (Å²) in [5, 5.41) is 5.21. The summed E-state index contributed by atoms with van der Waals surface area (Å²) >= 11 is 0. The van der Waals surface area contributed by atoms with Gasteiger partial charge in [-0.05, 0) is 30.3 Å². The molecule has 146 valence electrons. The topological polar surface area (TPSA) is 75.3 Å². The Balaban J connectivity index is 1.84. The van der Waals surface area contributed by atoms with Crippen LogP contribution in [0.3, 0.4) is 0 Å². The largest absolute Gasteiger partial charge is 0.351 e. The third-order valence-electron chi connectivity index (χ3n) is 4.37. The van der Waals surface area contributed by atoms with Crippen molar-refractivity contribution in [3.8, 4) is 0 Å². The molecule has 1 aliphatic heterocycles. The van der Waals surface area contributed by atoms with Gasteiger partial charge in [0.2, 0.25) is 9.84 Å². The number of anilines is 2. The van der Waals surface area contributed by atoms with Crippen LogP contribution >= 0.6 is 0 Å². The molecule has 5 nitrogen and oxygen atoms in total. The van der Waals surface area contributed by atoms with E-state index >= 15 is 0 Å². The van der Waals surface area contributed by atoms with Crippen molar-refractivity contribution in [1.82, 2.24) is 0 Å². The van der Waals surface area contributed by atoms with Gasteiger partial charge in [-0.25, -0.2) is 17.2 Å². The molecule has 0 saturated heterocycles. The zero-order valence-corrected chi connectivity index (χ0v) is 15.6. The highest BCUT2D eigenvalue weighted by molar-refractivity contribution is 7.97. The molecule has 8 heteroatoms. The number of carbonyl (C=O) groups excluding carboxylic acids is 1. The van der Waals surface area contributed by atoms with E-state index in [2.05, 4.69) is 10.6 Å². The highest BCUT2D eigenvalue weighted by atomic mass is 32.2. The predicted molar refractivity (Wildman–Crippen MR) is 106 cm³/mol. The number of hydrogen-bond donors (Lipinski definition) is 2. The Hall–Kier alpha value is -3.52. The van der Waals surface area contributed by atoms with Crippen LogP contribution < -0.4 is 10.6 Å². The number of amides is 1. The summed E-state index contributed by atoms with van der Waals surface area (Å²) in [6.07, 6.45) is 0. The van der Waals surface area contributed by atoms with Gasteiger partial charge in [0.05, 0.1) is 16.3 Å². The Morgan fingerprint density at radius 1 is 0.862 bits per heavy atom. The predicted octanol–water partition coefficient (Wildman–Crippen LogP) is 4.17. The Morgan fingerprint density at radius 2 is 1.55 bits per heavy atom. The molecule has 0 unspecified atom stereocenters. The van der Waals surface area contributed by atoms with Gasteiger partial charge in [0.1, 0.15) is 11.6 Å². The number of sulfone groups is 1. The van der Waals surface area contributed by atoms with Gasteiger partial charge in [0.15, 0.2) is 4.91 Å². The summed E-state index contributed by atoms with van der Waals surface area (Å²) in [7, 11) is -4.15. The first-order valence-corrected chi connectivity index (χ1v) is 10.0. The van der Waals surface area contributed by atoms with Crippen LogP contribution in [0.15, 0.2) is 82.6 Å². The zero-order valence-electron chi connectivity index (χ0n) is 14.8. The minimum absolute atomic E-state index is 0.0665. The maximum atomic E-state index is 14.2. The van der Waals surface area contributed by atoms with E-state index in [1.54, 1.807) is 36.4 Å². The average molecular weight is 412 g/mol. The highest BCUT2D eigenvalue weighted by Gasteiger charge is 2.40. The smallest absolute Gasteiger partial charge is 0.269 e. The van der Waals surface area contributed by atoms with Crippen molar-refractivity contribution in [3.63, 3.8) is 0 Å². The Morgan fingerprint density at radius 3 is 2.28 bits per heavy atom. The van der Waals surface area contributed by atoms with Gasteiger partial charge in [0, 0.05) is 17.3 Å². The summed E-state index contributed by atoms with van der Waals surface area (Å²) in [5.74, 6) is -2.55. The molecular weight excluding hydrogens is 398 g/mol. The highest BCUT2D eigenvalue weighted by Crippen LogP contribution is 2.40. The molecule has 1 heterocycles. The molecule has 0 bridgehead atoms. The van der Waals surface area contributed by atoms with E-state index in [4.69, 9.17) is 0 Å². The number of carbonyl (C=O) groups is 1. The average Bonchev–Trinajstić information content (AvgIpc) is 2.92. The standard InChI is InChI=1S/C21H14F2N2O3S/c22-13-10-11-17(16(23)12-13)25-19-15-8-4-5-9-18(15)29(27,28)20(19)21(26)24-14-6-2-1-3-7-14/h1-12,25H,(H,24,26). The van der Waals surface area contributed by atoms with Crippen LogP contribution in [0.4, 0.5) is 20.2 Å². The molecule has 0 aliphatic carbocycles. The molecule has 0 fully saturated rings. The zero-order chi connectivity index (χ0) is 20.6. The van der Waals surface area contributed by atoms with Crippen LogP contribution in [-0.4, -0.2) is 14.3 Å². The number of hydrogen-bond acceptors (Lipinski definition) is 4. The SMILES string of the molecule is O=C(Nc1ccccc1)C1=C(Nc2ccc(F)cc2F)c2ccccc2S1(=O)=O. The van der Waals surface area contributed by atoms with Crippen molar-refractivity contribution in [3.05, 3.63) is 94.9 Å². The van der Waals surface area contributed by atoms with E-state index < -0.39 is 32.3 Å². The number of rotatable bonds is 4. The lowest BCUT2D eigenvalue weighted by atomic mass is 10.1. The fourth-order valence-electron chi connectivity index (χ4n) is 3.07. The van der Waals surface area contributed by atoms with Gasteiger partial charge in [-0.1, -0.05) is 36.4 Å². The van der Waals surface area contributed by atoms with Gasteiger partial charge in [-0.3, -0.25) is 4.79 Å². The molecule has 0 aromatic heterocycles. The molecular formula is C21H14F2N2O3S. The van der Waals surface area contributed by atoms with Gasteiger partial charge in [-0.2, -0.15) is 0 Å². The molecule has 1 aliphatic rings. The van der Waals surface area contributed by atoms with Crippen LogP contribution in [0.5, 0.6) is 0 Å². The van der Waals surface area contributed by atoms with E-state index in [0.29, 0.717) is 11.8 Å². The van der Waals surface area contributed by atoms with E-state index in [9.17, 15) is 22.0 Å². The first-order chi connectivity index (χ1) is 13.9. The molecule has 0 saturated carbocycles. The maximum Gasteiger partial charge on any atom is 0.269 e. The van der Waals surface area contributed by atoms with Crippen LogP contribution in [0.1, 0.15) is 5.56 Å². The number of benzene rings is 3. The summed E-state index contributed by atoms with van der Waals surface area (Å²) in [5.41, 5.74) is 0.413. The van der Waals surface area contributed by atoms with E-state index in [1.807, 2.05) is 0 Å². The van der Waals surface area contributed by atoms with Crippen LogP contribution in [-0.2, 0) is 14.6 Å². The lowest BCUT2D eigenvalue weighted by Crippen LogP contribution is -2.20. The molecule has 0 spiro atoms. The van der Waals surface area contributed by atoms with E-state index in [-0.39, 0.29) is 21.8 Å². The van der Waals surface area contributed by atoms with Crippen molar-refractivity contribution in [1.29, 1.82) is 0 Å². The Bertz CT molecular complexity index is 1260. The fourth-order valence-corrected chi connectivity index (χ4v) is 4.73. The second-order valence-corrected chi connectivity index (χ2v) is 8.13.